The quantitative estimate of drug-likeness (QED) is 0.820. The van der Waals surface area contributed by atoms with Crippen LogP contribution in [-0.2, 0) is 0 Å². The lowest BCUT2D eigenvalue weighted by atomic mass is 10.2. The molecule has 0 bridgehead atoms. The van der Waals surface area contributed by atoms with Gasteiger partial charge in [0.05, 0.1) is 18.4 Å². The highest BCUT2D eigenvalue weighted by molar-refractivity contribution is 9.10. The number of nitrogens with two attached hydrogens (primary N) is 1. The van der Waals surface area contributed by atoms with Crippen molar-refractivity contribution in [3.05, 3.63) is 51.5 Å². The molecule has 0 unspecified atom stereocenters. The minimum atomic E-state index is -0.280. The summed E-state index contributed by atoms with van der Waals surface area (Å²) < 4.78 is 5.80. The van der Waals surface area contributed by atoms with Crippen molar-refractivity contribution in [2.45, 2.75) is 0 Å². The first kappa shape index (κ1) is 14.7. The van der Waals surface area contributed by atoms with Gasteiger partial charge in [-0.15, -0.1) is 0 Å². The van der Waals surface area contributed by atoms with Gasteiger partial charge in [-0.3, -0.25) is 4.79 Å². The van der Waals surface area contributed by atoms with E-state index in [9.17, 15) is 4.79 Å². The molecule has 2 aromatic rings. The summed E-state index contributed by atoms with van der Waals surface area (Å²) in [5, 5.41) is 3.31. The maximum absolute atomic E-state index is 12.2. The molecular weight excluding hydrogens is 344 g/mol. The van der Waals surface area contributed by atoms with Crippen LogP contribution < -0.4 is 15.8 Å². The Balaban J connectivity index is 2.30. The summed E-state index contributed by atoms with van der Waals surface area (Å²) in [7, 11) is 1.53. The summed E-state index contributed by atoms with van der Waals surface area (Å²) in [6.07, 6.45) is 0. The Morgan fingerprint density at radius 3 is 2.70 bits per heavy atom. The standard InChI is InChI=1S/C14H12BrClN2O2/c1-20-13-5-3-9(17)7-12(13)18-14(19)10-4-2-8(16)6-11(10)15/h2-7H,17H2,1H3,(H,18,19). The third-order valence-corrected chi connectivity index (χ3v) is 3.54. The average molecular weight is 356 g/mol. The highest BCUT2D eigenvalue weighted by Gasteiger charge is 2.13. The fourth-order valence-corrected chi connectivity index (χ4v) is 2.55. The monoisotopic (exact) mass is 354 g/mol. The van der Waals surface area contributed by atoms with Gasteiger partial charge in [0.15, 0.2) is 0 Å². The highest BCUT2D eigenvalue weighted by atomic mass is 79.9. The molecule has 0 aliphatic heterocycles. The second-order valence-electron chi connectivity index (χ2n) is 4.04. The Morgan fingerprint density at radius 1 is 1.30 bits per heavy atom. The number of ether oxygens (including phenoxy) is 1. The molecule has 0 heterocycles. The molecule has 0 aliphatic carbocycles. The molecule has 2 rings (SSSR count). The van der Waals surface area contributed by atoms with Crippen LogP contribution in [0.2, 0.25) is 5.02 Å². The normalized spacial score (nSPS) is 10.2. The molecule has 0 saturated heterocycles. The van der Waals surface area contributed by atoms with Crippen LogP contribution in [0.5, 0.6) is 5.75 Å². The number of benzene rings is 2. The number of carbonyl (C=O) groups excluding carboxylic acids is 1. The Bertz CT molecular complexity index is 662. The number of methoxy groups -OCH3 is 1. The van der Waals surface area contributed by atoms with Crippen LogP contribution in [0.4, 0.5) is 11.4 Å². The number of hydrogen-bond acceptors (Lipinski definition) is 3. The number of amides is 1. The first-order valence-electron chi connectivity index (χ1n) is 5.71. The molecule has 0 aliphatic rings. The van der Waals surface area contributed by atoms with E-state index in [2.05, 4.69) is 21.2 Å². The Morgan fingerprint density at radius 2 is 2.05 bits per heavy atom. The van der Waals surface area contributed by atoms with Gasteiger partial charge in [-0.05, 0) is 52.3 Å². The zero-order valence-electron chi connectivity index (χ0n) is 10.6. The Kier molecular flexibility index (Phi) is 4.52. The summed E-state index contributed by atoms with van der Waals surface area (Å²) in [4.78, 5) is 12.2. The molecule has 6 heteroatoms. The SMILES string of the molecule is COc1ccc(N)cc1NC(=O)c1ccc(Cl)cc1Br. The zero-order valence-corrected chi connectivity index (χ0v) is 13.0. The number of carbonyl (C=O) groups is 1. The van der Waals surface area contributed by atoms with Crippen LogP contribution >= 0.6 is 27.5 Å². The number of hydrogen-bond donors (Lipinski definition) is 2. The van der Waals surface area contributed by atoms with E-state index in [1.165, 1.54) is 7.11 Å². The van der Waals surface area contributed by atoms with Crippen LogP contribution in [0.3, 0.4) is 0 Å². The van der Waals surface area contributed by atoms with Gasteiger partial charge >= 0.3 is 0 Å². The van der Waals surface area contributed by atoms with E-state index in [1.807, 2.05) is 0 Å². The van der Waals surface area contributed by atoms with E-state index in [-0.39, 0.29) is 5.91 Å². The average Bonchev–Trinajstić information content (AvgIpc) is 2.38. The van der Waals surface area contributed by atoms with E-state index >= 15 is 0 Å². The minimum absolute atomic E-state index is 0.280. The first-order valence-corrected chi connectivity index (χ1v) is 6.88. The molecule has 104 valence electrons. The van der Waals surface area contributed by atoms with Gasteiger partial charge in [-0.2, -0.15) is 0 Å². The molecule has 1 amide bonds. The van der Waals surface area contributed by atoms with Crippen molar-refractivity contribution >= 4 is 44.8 Å². The topological polar surface area (TPSA) is 64.3 Å². The van der Waals surface area contributed by atoms with Gasteiger partial charge in [0.2, 0.25) is 0 Å². The van der Waals surface area contributed by atoms with E-state index in [0.717, 1.165) is 0 Å². The number of rotatable bonds is 3. The van der Waals surface area contributed by atoms with E-state index in [0.29, 0.717) is 32.2 Å². The van der Waals surface area contributed by atoms with Gasteiger partial charge < -0.3 is 15.8 Å². The van der Waals surface area contributed by atoms with Crippen LogP contribution in [0.15, 0.2) is 40.9 Å². The van der Waals surface area contributed by atoms with Gasteiger partial charge in [0.25, 0.3) is 5.91 Å². The summed E-state index contributed by atoms with van der Waals surface area (Å²) >= 11 is 9.16. The van der Waals surface area contributed by atoms with Crippen molar-refractivity contribution in [3.8, 4) is 5.75 Å². The fraction of sp³-hybridized carbons (Fsp3) is 0.0714. The Labute approximate surface area is 130 Å². The maximum Gasteiger partial charge on any atom is 0.256 e. The molecule has 20 heavy (non-hydrogen) atoms. The molecule has 3 N–H and O–H groups in total. The predicted octanol–water partition coefficient (Wildman–Crippen LogP) is 3.95. The molecule has 0 atom stereocenters. The summed E-state index contributed by atoms with van der Waals surface area (Å²) in [5.41, 5.74) is 7.24. The van der Waals surface area contributed by atoms with E-state index in [4.69, 9.17) is 22.1 Å². The second-order valence-corrected chi connectivity index (χ2v) is 5.33. The molecule has 0 radical (unpaired) electrons. The Hall–Kier alpha value is -1.72. The van der Waals surface area contributed by atoms with Crippen LogP contribution in [0, 0.1) is 0 Å². The van der Waals surface area contributed by atoms with Crippen molar-refractivity contribution in [2.75, 3.05) is 18.2 Å². The van der Waals surface area contributed by atoms with Gasteiger partial charge in [-0.25, -0.2) is 0 Å². The number of halogens is 2. The molecule has 2 aromatic carbocycles. The molecule has 0 spiro atoms. The third kappa shape index (κ3) is 3.23. The minimum Gasteiger partial charge on any atom is -0.495 e. The lowest BCUT2D eigenvalue weighted by Crippen LogP contribution is -2.13. The van der Waals surface area contributed by atoms with Crippen LogP contribution in [0.25, 0.3) is 0 Å². The highest BCUT2D eigenvalue weighted by Crippen LogP contribution is 2.28. The lowest BCUT2D eigenvalue weighted by Gasteiger charge is -2.11. The maximum atomic E-state index is 12.2. The van der Waals surface area contributed by atoms with Crippen molar-refractivity contribution in [1.29, 1.82) is 0 Å². The number of nitrogen functional groups attached to an aromatic ring is 1. The first-order chi connectivity index (χ1) is 9.51. The molecule has 0 aromatic heterocycles. The molecule has 0 saturated carbocycles. The van der Waals surface area contributed by atoms with Crippen molar-refractivity contribution in [1.82, 2.24) is 0 Å². The van der Waals surface area contributed by atoms with Gasteiger partial charge in [-0.1, -0.05) is 11.6 Å². The summed E-state index contributed by atoms with van der Waals surface area (Å²) in [5.74, 6) is 0.259. The smallest absolute Gasteiger partial charge is 0.256 e. The van der Waals surface area contributed by atoms with Gasteiger partial charge in [0, 0.05) is 15.2 Å². The van der Waals surface area contributed by atoms with Crippen LogP contribution in [0.1, 0.15) is 10.4 Å². The van der Waals surface area contributed by atoms with Crippen molar-refractivity contribution < 1.29 is 9.53 Å². The zero-order chi connectivity index (χ0) is 14.7. The summed E-state index contributed by atoms with van der Waals surface area (Å²) in [6, 6.07) is 9.99. The van der Waals surface area contributed by atoms with Gasteiger partial charge in [0.1, 0.15) is 5.75 Å². The lowest BCUT2D eigenvalue weighted by molar-refractivity contribution is 0.102. The molecule has 0 fully saturated rings. The van der Waals surface area contributed by atoms with Crippen LogP contribution in [-0.4, -0.2) is 13.0 Å². The second kappa shape index (κ2) is 6.15. The largest absolute Gasteiger partial charge is 0.495 e. The van der Waals surface area contributed by atoms with E-state index < -0.39 is 0 Å². The van der Waals surface area contributed by atoms with Crippen molar-refractivity contribution in [2.24, 2.45) is 0 Å². The number of nitrogens with one attached hydrogen (secondary N) is 1. The number of anilines is 2. The summed E-state index contributed by atoms with van der Waals surface area (Å²) in [6.45, 7) is 0. The van der Waals surface area contributed by atoms with Crippen molar-refractivity contribution in [3.63, 3.8) is 0 Å². The molecule has 4 nitrogen and oxygen atoms in total. The predicted molar refractivity (Wildman–Crippen MR) is 84.5 cm³/mol. The fourth-order valence-electron chi connectivity index (χ4n) is 1.69. The third-order valence-electron chi connectivity index (χ3n) is 2.65. The molecular formula is C14H12BrClN2O2. The van der Waals surface area contributed by atoms with E-state index in [1.54, 1.807) is 36.4 Å².